The quantitative estimate of drug-likeness (QED) is 0.155. The lowest BCUT2D eigenvalue weighted by molar-refractivity contribution is 1.01. The Morgan fingerprint density at radius 3 is 1.14 bits per heavy atom. The molecule has 0 atom stereocenters. The molecule has 14 heterocycles. The van der Waals surface area contributed by atoms with Gasteiger partial charge < -0.3 is 13.2 Å². The number of hydrogen-bond acceptors (Lipinski definition) is 8. The Morgan fingerprint density at radius 2 is 0.623 bits per heavy atom. The summed E-state index contributed by atoms with van der Waals surface area (Å²) in [5.41, 5.74) is 26.1. The molecule has 634 valence electrons. The largest absolute Gasteiger partial charge is 0.308 e. The molecule has 138 heavy (non-hydrogen) atoms. The molecule has 14 heteroatoms. The van der Waals surface area contributed by atoms with Gasteiger partial charge in [-0.3, -0.25) is 23.7 Å². The van der Waals surface area contributed by atoms with Crippen LogP contribution < -0.4 is 0 Å². The summed E-state index contributed by atoms with van der Waals surface area (Å²) in [4.78, 5) is 35.6. The van der Waals surface area contributed by atoms with Gasteiger partial charge in [0.05, 0.1) is 128 Å². The molecule has 14 nitrogen and oxygen atoms in total. The van der Waals surface area contributed by atoms with Gasteiger partial charge in [-0.25, -0.2) is 24.9 Å². The summed E-state index contributed by atoms with van der Waals surface area (Å²) in [7, 11) is 0. The zero-order valence-electron chi connectivity index (χ0n) is 73.5. The number of nitriles is 1. The molecule has 0 aliphatic carbocycles. The number of hydrogen-bond donors (Lipinski definition) is 0. The Kier molecular flexibility index (Phi) is 15.1. The second kappa shape index (κ2) is 28.0. The first-order valence-corrected chi connectivity index (χ1v) is 46.6. The zero-order valence-corrected chi connectivity index (χ0v) is 73.5. The van der Waals surface area contributed by atoms with E-state index >= 15 is 0 Å². The summed E-state index contributed by atoms with van der Waals surface area (Å²) < 4.78 is 14.3. The first-order valence-electron chi connectivity index (χ1n) is 46.6. The zero-order chi connectivity index (χ0) is 90.0. The van der Waals surface area contributed by atoms with Gasteiger partial charge in [-0.15, -0.1) is 0 Å². The predicted molar refractivity (Wildman–Crippen MR) is 569 cm³/mol. The lowest BCUT2D eigenvalue weighted by Gasteiger charge is -2.14. The number of para-hydroxylation sites is 9. The Bertz CT molecular complexity index is 11200. The van der Waals surface area contributed by atoms with Crippen molar-refractivity contribution in [1.29, 1.82) is 5.26 Å². The van der Waals surface area contributed by atoms with Gasteiger partial charge in [-0.2, -0.15) is 5.26 Å². The molecule has 0 spiro atoms. The van der Waals surface area contributed by atoms with Crippen LogP contribution in [0.3, 0.4) is 0 Å². The van der Waals surface area contributed by atoms with Crippen molar-refractivity contribution in [2.24, 2.45) is 0 Å². The molecule has 0 bridgehead atoms. The second-order valence-corrected chi connectivity index (χ2v) is 36.4. The van der Waals surface area contributed by atoms with Crippen molar-refractivity contribution >= 4 is 256 Å². The van der Waals surface area contributed by atoms with Crippen molar-refractivity contribution in [2.75, 3.05) is 0 Å². The molecule has 19 aromatic carbocycles. The summed E-state index contributed by atoms with van der Waals surface area (Å²) in [5.74, 6) is 2.28. The number of benzene rings is 19. The van der Waals surface area contributed by atoms with E-state index in [9.17, 15) is 5.26 Å². The highest BCUT2D eigenvalue weighted by atomic mass is 15.2. The Balaban J connectivity index is 0.0000000959. The Labute approximate surface area is 782 Å². The fraction of sp³-hybridized carbons (Fsp3) is 0. The fourth-order valence-corrected chi connectivity index (χ4v) is 23.8. The number of pyridine rings is 3. The minimum Gasteiger partial charge on any atom is -0.308 e. The Morgan fingerprint density at radius 1 is 0.225 bits per heavy atom. The lowest BCUT2D eigenvalue weighted by Crippen LogP contribution is -2.03. The van der Waals surface area contributed by atoms with Crippen molar-refractivity contribution < 1.29 is 0 Å². The van der Waals surface area contributed by atoms with Crippen LogP contribution in [0.4, 0.5) is 0 Å². The third-order valence-electron chi connectivity index (χ3n) is 29.4. The molecular formula is C124H68N14. The number of aromatic nitrogens is 13. The number of fused-ring (bicyclic) bond motifs is 41. The van der Waals surface area contributed by atoms with Crippen LogP contribution in [-0.2, 0) is 0 Å². The lowest BCUT2D eigenvalue weighted by atomic mass is 9.98. The first kappa shape index (κ1) is 74.5. The van der Waals surface area contributed by atoms with Gasteiger partial charge in [0.25, 0.3) is 0 Å². The average Bonchev–Trinajstić information content (AvgIpc) is 1.52. The second-order valence-electron chi connectivity index (χ2n) is 36.4. The monoisotopic (exact) mass is 1750 g/mol. The van der Waals surface area contributed by atoms with Gasteiger partial charge in [0, 0.05) is 143 Å². The normalized spacial score (nSPS) is 12.3. The maximum absolute atomic E-state index is 9.81. The smallest absolute Gasteiger partial charge is 0.235 e. The number of rotatable bonds is 5. The van der Waals surface area contributed by atoms with Gasteiger partial charge in [0.1, 0.15) is 11.5 Å². The molecule has 0 saturated heterocycles. The third kappa shape index (κ3) is 10.1. The first-order chi connectivity index (χ1) is 68.5. The molecule has 0 saturated carbocycles. The van der Waals surface area contributed by atoms with E-state index in [0.29, 0.717) is 11.5 Å². The molecule has 0 amide bonds. The van der Waals surface area contributed by atoms with Crippen molar-refractivity contribution in [3.63, 3.8) is 0 Å². The topological polar surface area (TPSA) is 142 Å². The SMILES string of the molecule is N#Cc1cccc(-c2nc3ccccc3nc2-n2c3ccccc3c3c4c5c6ccccc6ccc5n5c6ccccc6c(cc32)c45)c1.c1ccc2c(c1)ccc1c2c2c3c4ccccc4n(-c4ccc5ccc6cccnc6c5n4)c3cc3c4ccccc4n1c32.c1cncc(-c2nc(-n3c4ccccc4c4c5c6c7ccccc7ccc6n6c7ccccc7c(cc43)c56)nc3ccccc23)c1. The molecule has 0 unspecified atom stereocenters. The van der Waals surface area contributed by atoms with E-state index in [0.717, 1.165) is 116 Å². The van der Waals surface area contributed by atoms with Crippen molar-refractivity contribution in [3.8, 4) is 46.2 Å². The molecule has 0 N–H and O–H groups in total. The van der Waals surface area contributed by atoms with Crippen LogP contribution in [0.2, 0.25) is 0 Å². The molecular weight excluding hydrogens is 1690 g/mol. The van der Waals surface area contributed by atoms with E-state index in [1.54, 1.807) is 6.20 Å². The van der Waals surface area contributed by atoms with Crippen LogP contribution in [0.25, 0.3) is 296 Å². The van der Waals surface area contributed by atoms with Crippen molar-refractivity contribution in [2.45, 2.75) is 0 Å². The molecule has 0 fully saturated rings. The van der Waals surface area contributed by atoms with E-state index in [2.05, 4.69) is 359 Å². The number of nitrogens with zero attached hydrogens (tertiary/aromatic N) is 14. The summed E-state index contributed by atoms with van der Waals surface area (Å²) in [6, 6.07) is 142. The van der Waals surface area contributed by atoms with Gasteiger partial charge >= 0.3 is 0 Å². The molecule has 0 aliphatic rings. The minimum absolute atomic E-state index is 0.585. The van der Waals surface area contributed by atoms with E-state index in [1.165, 1.54) is 174 Å². The third-order valence-corrected chi connectivity index (χ3v) is 29.4. The summed E-state index contributed by atoms with van der Waals surface area (Å²) in [5, 5.41) is 42.9. The van der Waals surface area contributed by atoms with Gasteiger partial charge in [-0.05, 0) is 166 Å². The van der Waals surface area contributed by atoms with E-state index in [4.69, 9.17) is 29.9 Å². The maximum atomic E-state index is 9.81. The highest BCUT2D eigenvalue weighted by Gasteiger charge is 2.32. The minimum atomic E-state index is 0.585. The van der Waals surface area contributed by atoms with Crippen LogP contribution in [0, 0.1) is 11.3 Å². The summed E-state index contributed by atoms with van der Waals surface area (Å²) in [6.45, 7) is 0. The summed E-state index contributed by atoms with van der Waals surface area (Å²) in [6.07, 6.45) is 5.53. The van der Waals surface area contributed by atoms with Gasteiger partial charge in [-0.1, -0.05) is 261 Å². The Hall–Kier alpha value is -19.1. The summed E-state index contributed by atoms with van der Waals surface area (Å²) >= 11 is 0. The van der Waals surface area contributed by atoms with Crippen LogP contribution in [0.1, 0.15) is 5.56 Å². The van der Waals surface area contributed by atoms with Crippen LogP contribution >= 0.6 is 0 Å². The van der Waals surface area contributed by atoms with Crippen LogP contribution in [0.15, 0.2) is 413 Å². The average molecular weight is 1750 g/mol. The van der Waals surface area contributed by atoms with Crippen molar-refractivity contribution in [1.82, 2.24) is 61.8 Å². The van der Waals surface area contributed by atoms with Gasteiger partial charge in [0.15, 0.2) is 5.82 Å². The molecule has 0 aliphatic heterocycles. The van der Waals surface area contributed by atoms with Gasteiger partial charge in [0.2, 0.25) is 5.95 Å². The van der Waals surface area contributed by atoms with E-state index < -0.39 is 0 Å². The maximum Gasteiger partial charge on any atom is 0.235 e. The molecule has 33 rings (SSSR count). The van der Waals surface area contributed by atoms with Crippen LogP contribution in [-0.4, -0.2) is 61.8 Å². The standard InChI is InChI=1S/C43H23N5.C41H23N5.C40H22N4/c44-24-25-10-9-12-27(22-25)41-43(46-33-17-6-5-16-32(33)45-41)48-35-19-8-4-15-30(35)39-37(48)23-31-29-14-3-7-18-34(29)47-36-21-20-26-11-1-2-13-28(26)38(36)40(39)42(31)47;1-2-12-26-24(10-1)19-20-34-36(26)38-37-29-15-5-8-18-33(29)46(35(37)22-30-27-13-4-7-17-32(27)45(34)40(30)38)41-43-31-16-6-3-14-28(31)39(44-41)25-11-9-21-42-23-25;1-2-10-26-23(8-1)17-19-32-35(26)37-36-28-12-4-6-14-31(28)43(33(36)22-29-27-11-3-5-13-30(27)44(32)40(29)37)34-20-18-25-16-15-24-9-7-21-41-38(24)39(25)42-34/h1-23H;1-23H;1-22H. The molecule has 0 radical (unpaired) electrons. The van der Waals surface area contributed by atoms with Crippen LogP contribution in [0.5, 0.6) is 0 Å². The molecule has 14 aromatic heterocycles. The highest BCUT2D eigenvalue weighted by molar-refractivity contribution is 6.43. The van der Waals surface area contributed by atoms with E-state index in [-0.39, 0.29) is 0 Å². The van der Waals surface area contributed by atoms with E-state index in [1.807, 2.05) is 85.2 Å². The molecule has 33 aromatic rings. The fourth-order valence-electron chi connectivity index (χ4n) is 23.8. The van der Waals surface area contributed by atoms with Crippen molar-refractivity contribution in [3.05, 3.63) is 418 Å². The highest BCUT2D eigenvalue weighted by Crippen LogP contribution is 2.54. The predicted octanol–water partition coefficient (Wildman–Crippen LogP) is 30.8.